The van der Waals surface area contributed by atoms with E-state index >= 15 is 0 Å². The lowest BCUT2D eigenvalue weighted by Gasteiger charge is -2.06. The van der Waals surface area contributed by atoms with Crippen molar-refractivity contribution in [3.8, 4) is 0 Å². The number of rotatable bonds is 1. The zero-order valence-electron chi connectivity index (χ0n) is 8.25. The fourth-order valence-corrected chi connectivity index (χ4v) is 2.94. The van der Waals surface area contributed by atoms with E-state index in [9.17, 15) is 13.0 Å². The van der Waals surface area contributed by atoms with Gasteiger partial charge in [0.25, 0.3) is 0 Å². The Morgan fingerprint density at radius 1 is 1.50 bits per heavy atom. The average Bonchev–Trinajstić information content (AvgIpc) is 2.54. The summed E-state index contributed by atoms with van der Waals surface area (Å²) in [5.41, 5.74) is 0.779. The monoisotopic (exact) mass is 258 g/mol. The first-order chi connectivity index (χ1) is 7.43. The lowest BCUT2D eigenvalue weighted by atomic mass is 10.3. The number of hydrogen-bond acceptors (Lipinski definition) is 6. The molecule has 0 spiro atoms. The Balaban J connectivity index is 2.84. The number of hydrogen-bond donors (Lipinski definition) is 1. The zero-order chi connectivity index (χ0) is 11.9. The molecule has 86 valence electrons. The largest absolute Gasteiger partial charge is 0.744 e. The highest BCUT2D eigenvalue weighted by atomic mass is 32.2. The molecule has 6 nitrogen and oxygen atoms in total. The first-order valence-corrected chi connectivity index (χ1v) is 6.45. The molecule has 0 unspecified atom stereocenters. The van der Waals surface area contributed by atoms with Crippen LogP contribution in [0.2, 0.25) is 0 Å². The quantitative estimate of drug-likeness (QED) is 0.439. The van der Waals surface area contributed by atoms with Crippen LogP contribution < -0.4 is 10.6 Å². The number of fused-ring (bicyclic) bond motifs is 1. The molecule has 2 rings (SSSR count). The Morgan fingerprint density at radius 3 is 2.75 bits per heavy atom. The van der Waals surface area contributed by atoms with Gasteiger partial charge in [0.05, 0.1) is 15.1 Å². The normalized spacial score (nSPS) is 13.5. The fourth-order valence-electron chi connectivity index (χ4n) is 1.39. The lowest BCUT2D eigenvalue weighted by molar-refractivity contribution is 0.463. The van der Waals surface area contributed by atoms with Gasteiger partial charge in [0.2, 0.25) is 4.80 Å². The second-order valence-corrected chi connectivity index (χ2v) is 5.55. The number of aryl methyl sites for hydroxylation is 1. The van der Waals surface area contributed by atoms with Gasteiger partial charge in [-0.05, 0) is 18.2 Å². The van der Waals surface area contributed by atoms with E-state index in [1.165, 1.54) is 23.5 Å². The van der Waals surface area contributed by atoms with Gasteiger partial charge in [-0.3, -0.25) is 0 Å². The summed E-state index contributed by atoms with van der Waals surface area (Å²) in [6.07, 6.45) is 0. The summed E-state index contributed by atoms with van der Waals surface area (Å²) in [4.78, 5) is 0.306. The van der Waals surface area contributed by atoms with E-state index < -0.39 is 10.1 Å². The third-order valence-electron chi connectivity index (χ3n) is 2.18. The molecule has 1 aromatic carbocycles. The van der Waals surface area contributed by atoms with Gasteiger partial charge in [-0.2, -0.15) is 5.10 Å². The molecule has 0 saturated heterocycles. The molecule has 0 saturated carbocycles. The first-order valence-electron chi connectivity index (χ1n) is 4.23. The highest BCUT2D eigenvalue weighted by molar-refractivity contribution is 7.85. The van der Waals surface area contributed by atoms with Crippen molar-refractivity contribution in [1.82, 2.24) is 4.57 Å². The van der Waals surface area contributed by atoms with Gasteiger partial charge in [0.15, 0.2) is 0 Å². The second-order valence-electron chi connectivity index (χ2n) is 3.16. The van der Waals surface area contributed by atoms with Crippen molar-refractivity contribution in [3.05, 3.63) is 23.0 Å². The van der Waals surface area contributed by atoms with Crippen LogP contribution in [0.25, 0.3) is 10.2 Å². The zero-order valence-corrected chi connectivity index (χ0v) is 9.88. The van der Waals surface area contributed by atoms with E-state index in [4.69, 9.17) is 5.84 Å². The maximum absolute atomic E-state index is 10.8. The van der Waals surface area contributed by atoms with Gasteiger partial charge < -0.3 is 15.0 Å². The molecule has 0 bridgehead atoms. The molecule has 0 radical (unpaired) electrons. The van der Waals surface area contributed by atoms with Crippen LogP contribution in [0.3, 0.4) is 0 Å². The van der Waals surface area contributed by atoms with Crippen LogP contribution in [0, 0.1) is 0 Å². The summed E-state index contributed by atoms with van der Waals surface area (Å²) >= 11 is 1.22. The lowest BCUT2D eigenvalue weighted by Crippen LogP contribution is -2.12. The van der Waals surface area contributed by atoms with Crippen LogP contribution in [0.5, 0.6) is 0 Å². The van der Waals surface area contributed by atoms with Crippen LogP contribution in [0.15, 0.2) is 28.2 Å². The summed E-state index contributed by atoms with van der Waals surface area (Å²) in [5, 5.41) is 3.55. The summed E-state index contributed by atoms with van der Waals surface area (Å²) in [6, 6.07) is 4.17. The molecule has 0 aliphatic heterocycles. The van der Waals surface area contributed by atoms with Crippen LogP contribution in [0.4, 0.5) is 0 Å². The summed E-state index contributed by atoms with van der Waals surface area (Å²) in [6.45, 7) is 0. The Labute approximate surface area is 95.4 Å². The molecule has 1 aromatic heterocycles. The van der Waals surface area contributed by atoms with Crippen LogP contribution in [-0.2, 0) is 17.2 Å². The smallest absolute Gasteiger partial charge is 0.208 e. The maximum atomic E-state index is 10.8. The number of nitrogens with two attached hydrogens (primary N) is 1. The Kier molecular flexibility index (Phi) is 2.49. The van der Waals surface area contributed by atoms with Crippen molar-refractivity contribution < 1.29 is 13.0 Å². The first kappa shape index (κ1) is 11.1. The van der Waals surface area contributed by atoms with E-state index in [0.717, 1.165) is 5.52 Å². The number of benzene rings is 1. The minimum Gasteiger partial charge on any atom is -0.744 e. The molecule has 0 fully saturated rings. The molecular weight excluding hydrogens is 250 g/mol. The topological polar surface area (TPSA) is 101 Å². The highest BCUT2D eigenvalue weighted by Crippen LogP contribution is 2.20. The fraction of sp³-hybridized carbons (Fsp3) is 0.125. The third kappa shape index (κ3) is 1.70. The Bertz CT molecular complexity index is 712. The van der Waals surface area contributed by atoms with Crippen molar-refractivity contribution in [2.45, 2.75) is 4.90 Å². The van der Waals surface area contributed by atoms with Gasteiger partial charge in [-0.1, -0.05) is 11.3 Å². The highest BCUT2D eigenvalue weighted by Gasteiger charge is 2.06. The van der Waals surface area contributed by atoms with Gasteiger partial charge in [0.1, 0.15) is 10.1 Å². The van der Waals surface area contributed by atoms with Crippen LogP contribution >= 0.6 is 11.3 Å². The predicted octanol–water partition coefficient (Wildman–Crippen LogP) is -0.0817. The van der Waals surface area contributed by atoms with E-state index in [1.807, 2.05) is 0 Å². The van der Waals surface area contributed by atoms with Gasteiger partial charge in [-0.15, -0.1) is 0 Å². The Hall–Kier alpha value is -1.38. The van der Waals surface area contributed by atoms with Crippen molar-refractivity contribution >= 4 is 31.7 Å². The number of nitrogens with zero attached hydrogens (tertiary/aromatic N) is 2. The predicted molar refractivity (Wildman–Crippen MR) is 58.5 cm³/mol. The summed E-state index contributed by atoms with van der Waals surface area (Å²) in [5.74, 6) is 5.17. The number of aromatic nitrogens is 1. The van der Waals surface area contributed by atoms with Gasteiger partial charge in [-0.25, -0.2) is 8.42 Å². The van der Waals surface area contributed by atoms with E-state index in [1.54, 1.807) is 17.7 Å². The van der Waals surface area contributed by atoms with E-state index in [0.29, 0.717) is 9.50 Å². The summed E-state index contributed by atoms with van der Waals surface area (Å²) in [7, 11) is -2.66. The minimum absolute atomic E-state index is 0.245. The average molecular weight is 258 g/mol. The molecule has 16 heavy (non-hydrogen) atoms. The van der Waals surface area contributed by atoms with Crippen molar-refractivity contribution in [2.75, 3.05) is 0 Å². The SMILES string of the molecule is Cn1/c(=N\N)sc2cc(S(=O)(=O)[O-])ccc21. The maximum Gasteiger partial charge on any atom is 0.208 e. The van der Waals surface area contributed by atoms with Crippen LogP contribution in [-0.4, -0.2) is 17.5 Å². The minimum atomic E-state index is -4.42. The Morgan fingerprint density at radius 2 is 2.19 bits per heavy atom. The molecule has 0 amide bonds. The third-order valence-corrected chi connectivity index (χ3v) is 4.12. The van der Waals surface area contributed by atoms with Gasteiger partial charge >= 0.3 is 0 Å². The standard InChI is InChI=1S/C8H9N3O3S2/c1-11-6-3-2-5(16(12,13)14)4-7(6)15-8(11)10-9/h2-4H,9H2,1H3,(H,12,13,14)/p-1/b10-8+. The van der Waals surface area contributed by atoms with E-state index in [-0.39, 0.29) is 4.90 Å². The molecule has 0 atom stereocenters. The van der Waals surface area contributed by atoms with E-state index in [2.05, 4.69) is 5.10 Å². The van der Waals surface area contributed by atoms with Crippen molar-refractivity contribution in [3.63, 3.8) is 0 Å². The van der Waals surface area contributed by atoms with Gasteiger partial charge in [0, 0.05) is 7.05 Å². The molecule has 2 aromatic rings. The second kappa shape index (κ2) is 3.58. The molecule has 8 heteroatoms. The molecule has 2 N–H and O–H groups in total. The summed E-state index contributed by atoms with van der Waals surface area (Å²) < 4.78 is 34.9. The molecule has 0 aliphatic carbocycles. The number of thiazole rings is 1. The molecule has 0 aliphatic rings. The molecule has 1 heterocycles. The van der Waals surface area contributed by atoms with Crippen molar-refractivity contribution in [1.29, 1.82) is 0 Å². The van der Waals surface area contributed by atoms with Crippen LogP contribution in [0.1, 0.15) is 0 Å². The van der Waals surface area contributed by atoms with Crippen molar-refractivity contribution in [2.24, 2.45) is 18.0 Å². The molecular formula is C8H8N3O3S2-.